The fourth-order valence-corrected chi connectivity index (χ4v) is 3.59. The van der Waals surface area contributed by atoms with E-state index >= 15 is 0 Å². The van der Waals surface area contributed by atoms with Gasteiger partial charge in [0.25, 0.3) is 0 Å². The predicted molar refractivity (Wildman–Crippen MR) is 109 cm³/mol. The zero-order chi connectivity index (χ0) is 20.9. The van der Waals surface area contributed by atoms with Gasteiger partial charge in [-0.1, -0.05) is 45.3 Å². The van der Waals surface area contributed by atoms with E-state index < -0.39 is 12.2 Å². The van der Waals surface area contributed by atoms with Gasteiger partial charge < -0.3 is 14.9 Å². The number of ether oxygens (including phenoxy) is 1. The Morgan fingerprint density at radius 2 is 2.00 bits per heavy atom. The predicted octanol–water partition coefficient (Wildman–Crippen LogP) is 3.42. The highest BCUT2D eigenvalue weighted by Gasteiger charge is 2.39. The van der Waals surface area contributed by atoms with Crippen molar-refractivity contribution in [3.05, 3.63) is 12.2 Å². The maximum absolute atomic E-state index is 12.3. The van der Waals surface area contributed by atoms with Crippen LogP contribution in [-0.4, -0.2) is 41.3 Å². The van der Waals surface area contributed by atoms with Crippen LogP contribution in [0.25, 0.3) is 0 Å². The van der Waals surface area contributed by atoms with Gasteiger partial charge in [0.05, 0.1) is 19.3 Å². The molecule has 1 unspecified atom stereocenters. The van der Waals surface area contributed by atoms with Crippen LogP contribution >= 0.6 is 0 Å². The number of aliphatic hydroxyl groups excluding tert-OH is 2. The van der Waals surface area contributed by atoms with Crippen molar-refractivity contribution in [2.45, 2.75) is 83.8 Å². The standard InChI is InChI=1S/C23H36O5/c1-4-5-8-11-17(2)20(24)15-14-19-18(21(25)16-22(19)26)12-9-6-7-10-13-23(27)28-3/h14-15,17-20,22,24,26H,4,6-7,9-13,16H2,1-3H3/b15-14+/t17-,18+,19+,20?,22+/m0/s1. The van der Waals surface area contributed by atoms with Crippen molar-refractivity contribution in [2.24, 2.45) is 17.8 Å². The third kappa shape index (κ3) is 8.58. The highest BCUT2D eigenvalue weighted by molar-refractivity contribution is 5.84. The van der Waals surface area contributed by atoms with Gasteiger partial charge in [0.1, 0.15) is 5.78 Å². The highest BCUT2D eigenvalue weighted by atomic mass is 16.5. The molecule has 5 nitrogen and oxygen atoms in total. The Morgan fingerprint density at radius 3 is 2.68 bits per heavy atom. The van der Waals surface area contributed by atoms with Crippen LogP contribution < -0.4 is 0 Å². The SMILES string of the molecule is CCC#CC[C@H](C)C(O)/C=C/[C@H]1[C@H](O)CC(=O)[C@@H]1CCCCCCC(=O)OC. The normalized spacial score (nSPS) is 24.0. The highest BCUT2D eigenvalue weighted by Crippen LogP contribution is 2.34. The second kappa shape index (κ2) is 13.5. The van der Waals surface area contributed by atoms with Gasteiger partial charge in [0.2, 0.25) is 0 Å². The van der Waals surface area contributed by atoms with Crippen molar-refractivity contribution >= 4 is 11.8 Å². The lowest BCUT2D eigenvalue weighted by Gasteiger charge is -2.19. The Labute approximate surface area is 169 Å². The molecule has 0 amide bonds. The van der Waals surface area contributed by atoms with Gasteiger partial charge in [-0.2, -0.15) is 0 Å². The number of hydrogen-bond donors (Lipinski definition) is 2. The monoisotopic (exact) mass is 392 g/mol. The van der Waals surface area contributed by atoms with Gasteiger partial charge in [0, 0.05) is 37.5 Å². The largest absolute Gasteiger partial charge is 0.469 e. The molecule has 1 saturated carbocycles. The molecule has 5 atom stereocenters. The van der Waals surface area contributed by atoms with Gasteiger partial charge in [-0.3, -0.25) is 9.59 Å². The van der Waals surface area contributed by atoms with Gasteiger partial charge in [0.15, 0.2) is 0 Å². The van der Waals surface area contributed by atoms with Gasteiger partial charge >= 0.3 is 5.97 Å². The average Bonchev–Trinajstić information content (AvgIpc) is 2.94. The molecule has 0 bridgehead atoms. The Bertz CT molecular complexity index is 571. The van der Waals surface area contributed by atoms with E-state index in [1.807, 2.05) is 19.9 Å². The number of aliphatic hydroxyl groups is 2. The summed E-state index contributed by atoms with van der Waals surface area (Å²) >= 11 is 0. The number of carbonyl (C=O) groups excluding carboxylic acids is 2. The summed E-state index contributed by atoms with van der Waals surface area (Å²) in [7, 11) is 1.39. The molecule has 0 aromatic heterocycles. The number of methoxy groups -OCH3 is 1. The van der Waals surface area contributed by atoms with E-state index in [1.165, 1.54) is 7.11 Å². The molecular weight excluding hydrogens is 356 g/mol. The molecule has 5 heteroatoms. The van der Waals surface area contributed by atoms with Crippen LogP contribution in [-0.2, 0) is 14.3 Å². The van der Waals surface area contributed by atoms with Crippen LogP contribution in [0, 0.1) is 29.6 Å². The Morgan fingerprint density at radius 1 is 1.29 bits per heavy atom. The zero-order valence-corrected chi connectivity index (χ0v) is 17.5. The van der Waals surface area contributed by atoms with E-state index in [9.17, 15) is 19.8 Å². The summed E-state index contributed by atoms with van der Waals surface area (Å²) < 4.78 is 4.62. The number of Topliss-reactive ketones (excluding diaryl/α,β-unsaturated/α-hetero) is 1. The van der Waals surface area contributed by atoms with Gasteiger partial charge in [-0.05, 0) is 18.8 Å². The molecule has 0 radical (unpaired) electrons. The fraction of sp³-hybridized carbons (Fsp3) is 0.739. The summed E-state index contributed by atoms with van der Waals surface area (Å²) in [5.41, 5.74) is 0. The third-order valence-corrected chi connectivity index (χ3v) is 5.45. The van der Waals surface area contributed by atoms with E-state index in [1.54, 1.807) is 6.08 Å². The van der Waals surface area contributed by atoms with Crippen molar-refractivity contribution < 1.29 is 24.5 Å². The van der Waals surface area contributed by atoms with Crippen LogP contribution in [0.4, 0.5) is 0 Å². The quantitative estimate of drug-likeness (QED) is 0.244. The maximum Gasteiger partial charge on any atom is 0.305 e. The molecule has 0 aromatic carbocycles. The number of ketones is 1. The molecule has 1 fully saturated rings. The van der Waals surface area contributed by atoms with Crippen molar-refractivity contribution in [2.75, 3.05) is 7.11 Å². The first-order chi connectivity index (χ1) is 13.4. The smallest absolute Gasteiger partial charge is 0.305 e. The Kier molecular flexibility index (Phi) is 11.8. The topological polar surface area (TPSA) is 83.8 Å². The minimum atomic E-state index is -0.671. The van der Waals surface area contributed by atoms with E-state index in [0.717, 1.165) is 38.5 Å². The number of unbranched alkanes of at least 4 members (excludes halogenated alkanes) is 3. The first-order valence-electron chi connectivity index (χ1n) is 10.5. The molecule has 2 N–H and O–H groups in total. The lowest BCUT2D eigenvalue weighted by atomic mass is 9.88. The minimum Gasteiger partial charge on any atom is -0.469 e. The van der Waals surface area contributed by atoms with Crippen LogP contribution in [0.2, 0.25) is 0 Å². The molecule has 1 rings (SSSR count). The molecular formula is C23H36O5. The van der Waals surface area contributed by atoms with E-state index in [4.69, 9.17) is 0 Å². The Hall–Kier alpha value is -1.64. The minimum absolute atomic E-state index is 0.0119. The molecule has 0 aliphatic heterocycles. The number of carbonyl (C=O) groups is 2. The number of esters is 1. The van der Waals surface area contributed by atoms with Gasteiger partial charge in [-0.15, -0.1) is 11.8 Å². The van der Waals surface area contributed by atoms with Gasteiger partial charge in [-0.25, -0.2) is 0 Å². The van der Waals surface area contributed by atoms with E-state index in [0.29, 0.717) is 12.8 Å². The van der Waals surface area contributed by atoms with Crippen molar-refractivity contribution in [1.29, 1.82) is 0 Å². The van der Waals surface area contributed by atoms with E-state index in [2.05, 4.69) is 16.6 Å². The lowest BCUT2D eigenvalue weighted by Crippen LogP contribution is -2.20. The number of hydrogen-bond acceptors (Lipinski definition) is 5. The molecule has 158 valence electrons. The second-order valence-corrected chi connectivity index (χ2v) is 7.71. The van der Waals surface area contributed by atoms with Crippen LogP contribution in [0.1, 0.15) is 71.6 Å². The summed E-state index contributed by atoms with van der Waals surface area (Å²) in [5, 5.41) is 20.6. The molecule has 0 spiro atoms. The second-order valence-electron chi connectivity index (χ2n) is 7.71. The molecule has 1 aliphatic carbocycles. The summed E-state index contributed by atoms with van der Waals surface area (Å²) in [6.07, 6.45) is 8.58. The molecule has 0 heterocycles. The first-order valence-corrected chi connectivity index (χ1v) is 10.5. The van der Waals surface area contributed by atoms with Crippen LogP contribution in [0.5, 0.6) is 0 Å². The lowest BCUT2D eigenvalue weighted by molar-refractivity contribution is -0.140. The summed E-state index contributed by atoms with van der Waals surface area (Å²) in [4.78, 5) is 23.4. The van der Waals surface area contributed by atoms with Crippen molar-refractivity contribution in [3.8, 4) is 11.8 Å². The Balaban J connectivity index is 2.47. The fourth-order valence-electron chi connectivity index (χ4n) is 3.59. The third-order valence-electron chi connectivity index (χ3n) is 5.45. The summed E-state index contributed by atoms with van der Waals surface area (Å²) in [6.45, 7) is 3.94. The van der Waals surface area contributed by atoms with Crippen molar-refractivity contribution in [1.82, 2.24) is 0 Å². The first kappa shape index (κ1) is 24.4. The van der Waals surface area contributed by atoms with Crippen molar-refractivity contribution in [3.63, 3.8) is 0 Å². The zero-order valence-electron chi connectivity index (χ0n) is 17.5. The van der Waals surface area contributed by atoms with Crippen LogP contribution in [0.3, 0.4) is 0 Å². The van der Waals surface area contributed by atoms with E-state index in [-0.39, 0.29) is 35.9 Å². The molecule has 0 aromatic rings. The average molecular weight is 393 g/mol. The van der Waals surface area contributed by atoms with Crippen LogP contribution in [0.15, 0.2) is 12.2 Å². The summed E-state index contributed by atoms with van der Waals surface area (Å²) in [5.74, 6) is 5.56. The summed E-state index contributed by atoms with van der Waals surface area (Å²) in [6, 6.07) is 0. The maximum atomic E-state index is 12.3. The molecule has 28 heavy (non-hydrogen) atoms. The number of rotatable bonds is 11. The molecule has 0 saturated heterocycles. The molecule has 1 aliphatic rings.